The van der Waals surface area contributed by atoms with E-state index in [4.69, 9.17) is 10.8 Å². The average Bonchev–Trinajstić information content (AvgIpc) is 2.16. The molecule has 0 aliphatic rings. The molecule has 0 aromatic heterocycles. The molecule has 0 aliphatic heterocycles. The van der Waals surface area contributed by atoms with E-state index < -0.39 is 0 Å². The molecular formula is C12H28N2O. The Balaban J connectivity index is 3.68. The molecule has 0 spiro atoms. The van der Waals surface area contributed by atoms with E-state index >= 15 is 0 Å². The van der Waals surface area contributed by atoms with Gasteiger partial charge in [0.2, 0.25) is 0 Å². The first-order valence-corrected chi connectivity index (χ1v) is 6.10. The van der Waals surface area contributed by atoms with Crippen LogP contribution in [0.15, 0.2) is 0 Å². The number of hydrogen-bond acceptors (Lipinski definition) is 3. The summed E-state index contributed by atoms with van der Waals surface area (Å²) in [5.74, 6) is 0.670. The van der Waals surface area contributed by atoms with Crippen LogP contribution in [0.3, 0.4) is 0 Å². The minimum atomic E-state index is 0.0768. The van der Waals surface area contributed by atoms with Crippen molar-refractivity contribution >= 4 is 0 Å². The van der Waals surface area contributed by atoms with Gasteiger partial charge in [-0.3, -0.25) is 0 Å². The number of hydrogen-bond donors (Lipinski definition) is 3. The van der Waals surface area contributed by atoms with Crippen LogP contribution < -0.4 is 11.1 Å². The Kier molecular flexibility index (Phi) is 8.02. The van der Waals surface area contributed by atoms with Gasteiger partial charge in [-0.15, -0.1) is 0 Å². The maximum absolute atomic E-state index is 8.65. The van der Waals surface area contributed by atoms with Crippen molar-refractivity contribution in [2.45, 2.75) is 52.0 Å². The van der Waals surface area contributed by atoms with E-state index in [1.165, 1.54) is 0 Å². The van der Waals surface area contributed by atoms with Crippen LogP contribution in [0, 0.1) is 5.92 Å². The Morgan fingerprint density at radius 2 is 1.93 bits per heavy atom. The standard InChI is InChI=1S/C12H28N2O/c1-11(2)9-12(3,10-13)14-7-5-4-6-8-15/h11,14-15H,4-10,13H2,1-3H3. The summed E-state index contributed by atoms with van der Waals surface area (Å²) >= 11 is 0. The minimum absolute atomic E-state index is 0.0768. The molecule has 0 radical (unpaired) electrons. The van der Waals surface area contributed by atoms with Crippen molar-refractivity contribution in [3.63, 3.8) is 0 Å². The Morgan fingerprint density at radius 1 is 1.27 bits per heavy atom. The molecule has 0 aromatic carbocycles. The third-order valence-electron chi connectivity index (χ3n) is 2.70. The summed E-state index contributed by atoms with van der Waals surface area (Å²) in [6.07, 6.45) is 4.23. The van der Waals surface area contributed by atoms with Crippen molar-refractivity contribution in [3.8, 4) is 0 Å². The van der Waals surface area contributed by atoms with E-state index in [2.05, 4.69) is 26.1 Å². The highest BCUT2D eigenvalue weighted by atomic mass is 16.2. The van der Waals surface area contributed by atoms with E-state index in [1.807, 2.05) is 0 Å². The van der Waals surface area contributed by atoms with Crippen molar-refractivity contribution in [1.29, 1.82) is 0 Å². The molecule has 0 aromatic rings. The Bertz CT molecular complexity index is 151. The monoisotopic (exact) mass is 216 g/mol. The molecule has 3 heteroatoms. The van der Waals surface area contributed by atoms with Crippen LogP contribution in [0.25, 0.3) is 0 Å². The van der Waals surface area contributed by atoms with Gasteiger partial charge >= 0.3 is 0 Å². The molecule has 0 saturated heterocycles. The Morgan fingerprint density at radius 3 is 2.40 bits per heavy atom. The third-order valence-corrected chi connectivity index (χ3v) is 2.70. The average molecular weight is 216 g/mol. The van der Waals surface area contributed by atoms with E-state index in [9.17, 15) is 0 Å². The fraction of sp³-hybridized carbons (Fsp3) is 1.00. The first-order chi connectivity index (χ1) is 7.04. The van der Waals surface area contributed by atoms with Crippen molar-refractivity contribution in [2.75, 3.05) is 19.7 Å². The molecular weight excluding hydrogens is 188 g/mol. The van der Waals surface area contributed by atoms with E-state index in [0.29, 0.717) is 19.1 Å². The molecule has 4 N–H and O–H groups in total. The minimum Gasteiger partial charge on any atom is -0.396 e. The summed E-state index contributed by atoms with van der Waals surface area (Å²) in [6, 6.07) is 0. The van der Waals surface area contributed by atoms with Gasteiger partial charge in [-0.25, -0.2) is 0 Å². The molecule has 1 atom stereocenters. The number of unbranched alkanes of at least 4 members (excludes halogenated alkanes) is 2. The van der Waals surface area contributed by atoms with Crippen molar-refractivity contribution in [3.05, 3.63) is 0 Å². The predicted molar refractivity (Wildman–Crippen MR) is 65.9 cm³/mol. The number of aliphatic hydroxyl groups is 1. The van der Waals surface area contributed by atoms with Gasteiger partial charge in [-0.05, 0) is 45.1 Å². The fourth-order valence-electron chi connectivity index (χ4n) is 1.93. The first kappa shape index (κ1) is 14.9. The maximum atomic E-state index is 8.65. The van der Waals surface area contributed by atoms with Crippen molar-refractivity contribution in [2.24, 2.45) is 11.7 Å². The fourth-order valence-corrected chi connectivity index (χ4v) is 1.93. The van der Waals surface area contributed by atoms with Crippen LogP contribution in [0.4, 0.5) is 0 Å². The quantitative estimate of drug-likeness (QED) is 0.512. The molecule has 0 saturated carbocycles. The summed E-state index contributed by atoms with van der Waals surface area (Å²) in [5.41, 5.74) is 5.87. The molecule has 1 unspecified atom stereocenters. The molecule has 0 rings (SSSR count). The van der Waals surface area contributed by atoms with Crippen LogP contribution in [0.5, 0.6) is 0 Å². The van der Waals surface area contributed by atoms with Crippen LogP contribution in [-0.2, 0) is 0 Å². The van der Waals surface area contributed by atoms with Gasteiger partial charge < -0.3 is 16.2 Å². The second-order valence-electron chi connectivity index (χ2n) is 5.07. The second-order valence-corrected chi connectivity index (χ2v) is 5.07. The highest BCUT2D eigenvalue weighted by Gasteiger charge is 2.22. The summed E-state index contributed by atoms with van der Waals surface area (Å²) in [4.78, 5) is 0. The zero-order valence-electron chi connectivity index (χ0n) is 10.6. The molecule has 92 valence electrons. The lowest BCUT2D eigenvalue weighted by atomic mass is 9.90. The SMILES string of the molecule is CC(C)CC(C)(CN)NCCCCCO. The van der Waals surface area contributed by atoms with Crippen LogP contribution in [0.2, 0.25) is 0 Å². The maximum Gasteiger partial charge on any atom is 0.0431 e. The van der Waals surface area contributed by atoms with Gasteiger partial charge in [0.1, 0.15) is 0 Å². The zero-order valence-corrected chi connectivity index (χ0v) is 10.6. The van der Waals surface area contributed by atoms with E-state index in [-0.39, 0.29) is 5.54 Å². The van der Waals surface area contributed by atoms with Crippen LogP contribution in [-0.4, -0.2) is 30.3 Å². The number of nitrogens with two attached hydrogens (primary N) is 1. The van der Waals surface area contributed by atoms with Crippen molar-refractivity contribution < 1.29 is 5.11 Å². The van der Waals surface area contributed by atoms with E-state index in [1.54, 1.807) is 0 Å². The van der Waals surface area contributed by atoms with E-state index in [0.717, 1.165) is 32.2 Å². The smallest absolute Gasteiger partial charge is 0.0431 e. The summed E-state index contributed by atoms with van der Waals surface area (Å²) in [7, 11) is 0. The van der Waals surface area contributed by atoms with Gasteiger partial charge in [0.05, 0.1) is 0 Å². The van der Waals surface area contributed by atoms with Gasteiger partial charge in [0, 0.05) is 18.7 Å². The number of rotatable bonds is 9. The Hall–Kier alpha value is -0.120. The lowest BCUT2D eigenvalue weighted by Crippen LogP contribution is -2.49. The topological polar surface area (TPSA) is 58.3 Å². The molecule has 0 fully saturated rings. The first-order valence-electron chi connectivity index (χ1n) is 6.10. The highest BCUT2D eigenvalue weighted by Crippen LogP contribution is 2.15. The second kappa shape index (κ2) is 8.08. The summed E-state index contributed by atoms with van der Waals surface area (Å²) < 4.78 is 0. The predicted octanol–water partition coefficient (Wildman–Crippen LogP) is 1.50. The lowest BCUT2D eigenvalue weighted by molar-refractivity contribution is 0.275. The molecule has 0 aliphatic carbocycles. The van der Waals surface area contributed by atoms with Gasteiger partial charge in [0.25, 0.3) is 0 Å². The van der Waals surface area contributed by atoms with Gasteiger partial charge in [0.15, 0.2) is 0 Å². The van der Waals surface area contributed by atoms with Gasteiger partial charge in [-0.2, -0.15) is 0 Å². The summed E-state index contributed by atoms with van der Waals surface area (Å²) in [5, 5.41) is 12.2. The van der Waals surface area contributed by atoms with Crippen molar-refractivity contribution in [1.82, 2.24) is 5.32 Å². The number of nitrogens with one attached hydrogen (secondary N) is 1. The molecule has 0 heterocycles. The molecule has 0 bridgehead atoms. The van der Waals surface area contributed by atoms with Crippen LogP contribution in [0.1, 0.15) is 46.5 Å². The largest absolute Gasteiger partial charge is 0.396 e. The molecule has 15 heavy (non-hydrogen) atoms. The molecule has 3 nitrogen and oxygen atoms in total. The molecule has 0 amide bonds. The highest BCUT2D eigenvalue weighted by molar-refractivity contribution is 4.84. The van der Waals surface area contributed by atoms with Crippen LogP contribution >= 0.6 is 0 Å². The lowest BCUT2D eigenvalue weighted by Gasteiger charge is -2.31. The number of aliphatic hydroxyl groups excluding tert-OH is 1. The Labute approximate surface area is 94.4 Å². The zero-order chi connectivity index (χ0) is 11.7. The summed E-state index contributed by atoms with van der Waals surface area (Å²) in [6.45, 7) is 8.63. The normalized spacial score (nSPS) is 15.6. The van der Waals surface area contributed by atoms with Gasteiger partial charge in [-0.1, -0.05) is 13.8 Å². The third kappa shape index (κ3) is 7.77.